The molecule has 0 saturated carbocycles. The Morgan fingerprint density at radius 3 is 3.04 bits per heavy atom. The lowest BCUT2D eigenvalue weighted by atomic mass is 10.0. The number of imidazole rings is 1. The molecule has 8 heteroatoms. The Balaban J connectivity index is 1.34. The Morgan fingerprint density at radius 1 is 1.32 bits per heavy atom. The predicted octanol–water partition coefficient (Wildman–Crippen LogP) is 1.79. The number of amides is 2. The summed E-state index contributed by atoms with van der Waals surface area (Å²) in [5, 5.41) is 5.07. The quantitative estimate of drug-likeness (QED) is 0.900. The van der Waals surface area contributed by atoms with Crippen molar-refractivity contribution in [3.8, 4) is 0 Å². The first-order chi connectivity index (χ1) is 12.3. The Morgan fingerprint density at radius 2 is 2.20 bits per heavy atom. The SMILES string of the molecule is O=C(NCc1cn2ccsc2n1)N1CCCC[C@H]1CN1CCOCC1. The molecule has 25 heavy (non-hydrogen) atoms. The normalized spacial score (nSPS) is 22.4. The fourth-order valence-corrected chi connectivity index (χ4v) is 4.39. The lowest BCUT2D eigenvalue weighted by Gasteiger charge is -2.39. The van der Waals surface area contributed by atoms with Gasteiger partial charge in [0.1, 0.15) is 0 Å². The Labute approximate surface area is 151 Å². The van der Waals surface area contributed by atoms with E-state index >= 15 is 0 Å². The van der Waals surface area contributed by atoms with E-state index in [2.05, 4.69) is 15.2 Å². The monoisotopic (exact) mass is 363 g/mol. The van der Waals surface area contributed by atoms with E-state index in [1.807, 2.05) is 27.1 Å². The van der Waals surface area contributed by atoms with Crippen molar-refractivity contribution >= 4 is 22.3 Å². The molecule has 2 aliphatic heterocycles. The first kappa shape index (κ1) is 16.8. The number of carbonyl (C=O) groups is 1. The molecular formula is C17H25N5O2S. The summed E-state index contributed by atoms with van der Waals surface area (Å²) in [4.78, 5) is 22.7. The lowest BCUT2D eigenvalue weighted by molar-refractivity contribution is 0.0221. The number of carbonyl (C=O) groups excluding carboxylic acids is 1. The van der Waals surface area contributed by atoms with E-state index in [1.54, 1.807) is 11.3 Å². The van der Waals surface area contributed by atoms with Gasteiger partial charge in [0.2, 0.25) is 0 Å². The number of fused-ring (bicyclic) bond motifs is 1. The first-order valence-corrected chi connectivity index (χ1v) is 9.93. The van der Waals surface area contributed by atoms with E-state index in [-0.39, 0.29) is 6.03 Å². The van der Waals surface area contributed by atoms with Crippen LogP contribution in [0.1, 0.15) is 25.0 Å². The maximum atomic E-state index is 12.7. The van der Waals surface area contributed by atoms with Crippen molar-refractivity contribution in [2.45, 2.75) is 31.8 Å². The highest BCUT2D eigenvalue weighted by molar-refractivity contribution is 7.15. The van der Waals surface area contributed by atoms with Crippen LogP contribution in [0.25, 0.3) is 4.96 Å². The molecule has 1 N–H and O–H groups in total. The van der Waals surface area contributed by atoms with Crippen LogP contribution in [0.2, 0.25) is 0 Å². The van der Waals surface area contributed by atoms with Gasteiger partial charge in [0, 0.05) is 50.0 Å². The van der Waals surface area contributed by atoms with Crippen LogP contribution in [0.3, 0.4) is 0 Å². The zero-order valence-corrected chi connectivity index (χ0v) is 15.2. The topological polar surface area (TPSA) is 62.1 Å². The third-order valence-electron chi connectivity index (χ3n) is 5.02. The second-order valence-corrected chi connectivity index (χ2v) is 7.61. The molecule has 2 aliphatic rings. The minimum absolute atomic E-state index is 0.0364. The van der Waals surface area contributed by atoms with E-state index in [0.29, 0.717) is 12.6 Å². The van der Waals surface area contributed by atoms with Gasteiger partial charge in [-0.05, 0) is 19.3 Å². The summed E-state index contributed by atoms with van der Waals surface area (Å²) in [6.07, 6.45) is 7.35. The number of morpholine rings is 1. The summed E-state index contributed by atoms with van der Waals surface area (Å²) >= 11 is 1.60. The van der Waals surface area contributed by atoms with E-state index in [9.17, 15) is 4.79 Å². The molecule has 0 aromatic carbocycles. The lowest BCUT2D eigenvalue weighted by Crippen LogP contribution is -2.53. The van der Waals surface area contributed by atoms with Gasteiger partial charge in [0.05, 0.1) is 25.5 Å². The smallest absolute Gasteiger partial charge is 0.318 e. The summed E-state index contributed by atoms with van der Waals surface area (Å²) in [6.45, 7) is 5.82. The number of ether oxygens (including phenoxy) is 1. The molecule has 0 bridgehead atoms. The highest BCUT2D eigenvalue weighted by Crippen LogP contribution is 2.19. The first-order valence-electron chi connectivity index (χ1n) is 9.05. The molecule has 0 spiro atoms. The zero-order valence-electron chi connectivity index (χ0n) is 14.4. The van der Waals surface area contributed by atoms with Crippen molar-refractivity contribution in [1.29, 1.82) is 0 Å². The molecule has 0 radical (unpaired) electrons. The summed E-state index contributed by atoms with van der Waals surface area (Å²) in [7, 11) is 0. The minimum Gasteiger partial charge on any atom is -0.379 e. The molecule has 4 rings (SSSR count). The van der Waals surface area contributed by atoms with Crippen molar-refractivity contribution in [2.24, 2.45) is 0 Å². The molecule has 2 fully saturated rings. The fraction of sp³-hybridized carbons (Fsp3) is 0.647. The van der Waals surface area contributed by atoms with Gasteiger partial charge in [0.25, 0.3) is 0 Å². The van der Waals surface area contributed by atoms with Gasteiger partial charge >= 0.3 is 6.03 Å². The van der Waals surface area contributed by atoms with Crippen LogP contribution in [0, 0.1) is 0 Å². The molecule has 2 amide bonds. The van der Waals surface area contributed by atoms with Gasteiger partial charge in [0.15, 0.2) is 4.96 Å². The zero-order chi connectivity index (χ0) is 17.1. The van der Waals surface area contributed by atoms with Crippen molar-refractivity contribution in [1.82, 2.24) is 24.5 Å². The molecule has 7 nitrogen and oxygen atoms in total. The van der Waals surface area contributed by atoms with E-state index < -0.39 is 0 Å². The number of aromatic nitrogens is 2. The maximum Gasteiger partial charge on any atom is 0.318 e. The van der Waals surface area contributed by atoms with Crippen LogP contribution in [0.5, 0.6) is 0 Å². The van der Waals surface area contributed by atoms with Crippen molar-refractivity contribution in [3.05, 3.63) is 23.5 Å². The minimum atomic E-state index is 0.0364. The molecule has 0 aliphatic carbocycles. The Bertz CT molecular complexity index is 680. The Kier molecular flexibility index (Phi) is 5.19. The van der Waals surface area contributed by atoms with E-state index in [1.165, 1.54) is 6.42 Å². The number of thiazole rings is 1. The molecule has 2 aromatic rings. The van der Waals surface area contributed by atoms with Gasteiger partial charge < -0.3 is 15.0 Å². The number of piperidine rings is 1. The number of nitrogens with one attached hydrogen (secondary N) is 1. The van der Waals surface area contributed by atoms with Gasteiger partial charge in [-0.15, -0.1) is 11.3 Å². The maximum absolute atomic E-state index is 12.7. The molecule has 1 atom stereocenters. The number of rotatable bonds is 4. The number of nitrogens with zero attached hydrogens (tertiary/aromatic N) is 4. The van der Waals surface area contributed by atoms with Gasteiger partial charge in [-0.1, -0.05) is 0 Å². The summed E-state index contributed by atoms with van der Waals surface area (Å²) in [5.74, 6) is 0. The third-order valence-corrected chi connectivity index (χ3v) is 5.80. The summed E-state index contributed by atoms with van der Waals surface area (Å²) < 4.78 is 7.42. The predicted molar refractivity (Wildman–Crippen MR) is 96.9 cm³/mol. The highest BCUT2D eigenvalue weighted by Gasteiger charge is 2.28. The molecule has 0 unspecified atom stereocenters. The van der Waals surface area contributed by atoms with Crippen LogP contribution >= 0.6 is 11.3 Å². The second-order valence-electron chi connectivity index (χ2n) is 6.74. The standard InChI is InChI=1S/C17H25N5O2S/c23-16(18-11-14-12-21-7-10-25-17(21)19-14)22-4-2-1-3-15(22)13-20-5-8-24-9-6-20/h7,10,12,15H,1-6,8-9,11,13H2,(H,18,23)/t15-/m0/s1. The van der Waals surface area contributed by atoms with Crippen molar-refractivity contribution in [2.75, 3.05) is 39.4 Å². The molecule has 136 valence electrons. The largest absolute Gasteiger partial charge is 0.379 e. The van der Waals surface area contributed by atoms with Crippen molar-refractivity contribution in [3.63, 3.8) is 0 Å². The van der Waals surface area contributed by atoms with Crippen LogP contribution in [0.4, 0.5) is 4.79 Å². The Hall–Kier alpha value is -1.64. The van der Waals surface area contributed by atoms with Gasteiger partial charge in [-0.25, -0.2) is 9.78 Å². The average Bonchev–Trinajstić information content (AvgIpc) is 3.23. The highest BCUT2D eigenvalue weighted by atomic mass is 32.1. The van der Waals surface area contributed by atoms with Crippen LogP contribution in [0.15, 0.2) is 17.8 Å². The number of hydrogen-bond acceptors (Lipinski definition) is 5. The summed E-state index contributed by atoms with van der Waals surface area (Å²) in [5.41, 5.74) is 0.905. The van der Waals surface area contributed by atoms with Crippen LogP contribution in [-0.4, -0.2) is 70.7 Å². The van der Waals surface area contributed by atoms with Crippen LogP contribution in [-0.2, 0) is 11.3 Å². The van der Waals surface area contributed by atoms with Gasteiger partial charge in [-0.2, -0.15) is 0 Å². The van der Waals surface area contributed by atoms with Gasteiger partial charge in [-0.3, -0.25) is 9.30 Å². The third kappa shape index (κ3) is 3.96. The average molecular weight is 363 g/mol. The summed E-state index contributed by atoms with van der Waals surface area (Å²) in [6, 6.07) is 0.339. The number of urea groups is 1. The molecule has 2 aromatic heterocycles. The number of hydrogen-bond donors (Lipinski definition) is 1. The second kappa shape index (κ2) is 7.72. The van der Waals surface area contributed by atoms with E-state index in [4.69, 9.17) is 4.74 Å². The number of likely N-dealkylation sites (tertiary alicyclic amines) is 1. The fourth-order valence-electron chi connectivity index (χ4n) is 3.67. The van der Waals surface area contributed by atoms with E-state index in [0.717, 1.165) is 62.9 Å². The molecule has 4 heterocycles. The molecule has 2 saturated heterocycles. The van der Waals surface area contributed by atoms with Crippen molar-refractivity contribution < 1.29 is 9.53 Å². The molecular weight excluding hydrogens is 338 g/mol. The van der Waals surface area contributed by atoms with Crippen LogP contribution < -0.4 is 5.32 Å².